The lowest BCUT2D eigenvalue weighted by molar-refractivity contribution is -0.142. The van der Waals surface area contributed by atoms with E-state index in [0.717, 1.165) is 24.1 Å². The molecule has 0 aliphatic carbocycles. The van der Waals surface area contributed by atoms with E-state index in [1.165, 1.54) is 5.56 Å². The van der Waals surface area contributed by atoms with Crippen molar-refractivity contribution in [2.45, 2.75) is 31.8 Å². The monoisotopic (exact) mass is 363 g/mol. The van der Waals surface area contributed by atoms with Gasteiger partial charge >= 0.3 is 5.97 Å². The Balaban J connectivity index is 2.08. The van der Waals surface area contributed by atoms with Crippen LogP contribution in [0.2, 0.25) is 10.0 Å². The third-order valence-corrected chi connectivity index (χ3v) is 5.30. The van der Waals surface area contributed by atoms with E-state index in [0.29, 0.717) is 16.5 Å². The van der Waals surface area contributed by atoms with Crippen LogP contribution in [0.3, 0.4) is 0 Å². The first kappa shape index (κ1) is 17.3. The first-order valence-corrected chi connectivity index (χ1v) is 8.73. The third-order valence-electron chi connectivity index (χ3n) is 4.56. The van der Waals surface area contributed by atoms with Gasteiger partial charge in [0.25, 0.3) is 0 Å². The maximum Gasteiger partial charge on any atom is 0.320 e. The Bertz CT molecular complexity index is 746. The van der Waals surface area contributed by atoms with Crippen molar-refractivity contribution in [2.24, 2.45) is 0 Å². The summed E-state index contributed by atoms with van der Waals surface area (Å²) in [4.78, 5) is 13.7. The number of benzene rings is 2. The SMILES string of the molecule is Cc1ccc(C(c2ccc(Cl)c(Cl)c2)N2CCCC2C(=O)O)cc1. The van der Waals surface area contributed by atoms with Gasteiger partial charge in [-0.3, -0.25) is 9.69 Å². The van der Waals surface area contributed by atoms with Crippen molar-refractivity contribution in [1.82, 2.24) is 4.90 Å². The molecule has 3 rings (SSSR count). The second-order valence-corrected chi connectivity index (χ2v) is 7.04. The standard InChI is InChI=1S/C19H19Cl2NO2/c1-12-4-6-13(7-5-12)18(14-8-9-15(20)16(21)11-14)22-10-2-3-17(22)19(23)24/h4-9,11,17-18H,2-3,10H2,1H3,(H,23,24). The van der Waals surface area contributed by atoms with Crippen molar-refractivity contribution in [1.29, 1.82) is 0 Å². The minimum atomic E-state index is -0.773. The van der Waals surface area contributed by atoms with Gasteiger partial charge in [-0.1, -0.05) is 59.1 Å². The highest BCUT2D eigenvalue weighted by atomic mass is 35.5. The number of carboxylic acid groups (broad SMARTS) is 1. The van der Waals surface area contributed by atoms with Crippen molar-refractivity contribution in [3.05, 3.63) is 69.2 Å². The third kappa shape index (κ3) is 3.44. The molecule has 24 heavy (non-hydrogen) atoms. The predicted octanol–water partition coefficient (Wildman–Crippen LogP) is 4.94. The van der Waals surface area contributed by atoms with Crippen LogP contribution in [0.15, 0.2) is 42.5 Å². The van der Waals surface area contributed by atoms with Gasteiger partial charge in [0.2, 0.25) is 0 Å². The van der Waals surface area contributed by atoms with Crippen LogP contribution in [0, 0.1) is 6.92 Å². The largest absolute Gasteiger partial charge is 0.480 e. The van der Waals surface area contributed by atoms with Gasteiger partial charge in [-0.15, -0.1) is 0 Å². The van der Waals surface area contributed by atoms with Crippen molar-refractivity contribution in [3.8, 4) is 0 Å². The van der Waals surface area contributed by atoms with Crippen LogP contribution in [0.1, 0.15) is 35.6 Å². The summed E-state index contributed by atoms with van der Waals surface area (Å²) in [5, 5.41) is 10.6. The van der Waals surface area contributed by atoms with Crippen LogP contribution in [-0.4, -0.2) is 28.6 Å². The Labute approximate surface area is 151 Å². The molecule has 1 heterocycles. The zero-order valence-corrected chi connectivity index (χ0v) is 14.9. The molecule has 2 atom stereocenters. The Morgan fingerprint density at radius 1 is 1.12 bits per heavy atom. The van der Waals surface area contributed by atoms with E-state index in [-0.39, 0.29) is 6.04 Å². The van der Waals surface area contributed by atoms with E-state index in [4.69, 9.17) is 23.2 Å². The zero-order valence-electron chi connectivity index (χ0n) is 13.4. The number of rotatable bonds is 4. The summed E-state index contributed by atoms with van der Waals surface area (Å²) in [6.45, 7) is 2.78. The summed E-state index contributed by atoms with van der Waals surface area (Å²) in [6.07, 6.45) is 1.54. The Morgan fingerprint density at radius 2 is 1.79 bits per heavy atom. The van der Waals surface area contributed by atoms with Crippen molar-refractivity contribution in [2.75, 3.05) is 6.54 Å². The number of likely N-dealkylation sites (tertiary alicyclic amines) is 1. The summed E-state index contributed by atoms with van der Waals surface area (Å²) in [7, 11) is 0. The molecule has 1 aliphatic heterocycles. The number of carbonyl (C=O) groups is 1. The number of aliphatic carboxylic acids is 1. The van der Waals surface area contributed by atoms with E-state index < -0.39 is 12.0 Å². The number of aryl methyl sites for hydroxylation is 1. The molecule has 1 saturated heterocycles. The zero-order chi connectivity index (χ0) is 17.3. The number of hydrogen-bond acceptors (Lipinski definition) is 2. The van der Waals surface area contributed by atoms with Crippen LogP contribution in [0.25, 0.3) is 0 Å². The summed E-state index contributed by atoms with van der Waals surface area (Å²) in [5.74, 6) is -0.773. The molecule has 0 aromatic heterocycles. The maximum atomic E-state index is 11.7. The van der Waals surface area contributed by atoms with E-state index in [9.17, 15) is 9.90 Å². The topological polar surface area (TPSA) is 40.5 Å². The molecular formula is C19H19Cl2NO2. The lowest BCUT2D eigenvalue weighted by Crippen LogP contribution is -2.39. The van der Waals surface area contributed by atoms with Crippen molar-refractivity contribution >= 4 is 29.2 Å². The molecule has 126 valence electrons. The summed E-state index contributed by atoms with van der Waals surface area (Å²) in [5.41, 5.74) is 3.19. The lowest BCUT2D eigenvalue weighted by atomic mass is 9.95. The average Bonchev–Trinajstić information content (AvgIpc) is 3.02. The average molecular weight is 364 g/mol. The molecule has 0 radical (unpaired) electrons. The number of halogens is 2. The molecule has 5 heteroatoms. The van der Waals surface area contributed by atoms with Gasteiger partial charge in [-0.25, -0.2) is 0 Å². The van der Waals surface area contributed by atoms with Gasteiger partial charge < -0.3 is 5.11 Å². The first-order chi connectivity index (χ1) is 11.5. The second kappa shape index (κ2) is 7.14. The number of nitrogens with zero attached hydrogens (tertiary/aromatic N) is 1. The highest BCUT2D eigenvalue weighted by Gasteiger charge is 2.36. The molecule has 0 spiro atoms. The Morgan fingerprint density at radius 3 is 2.42 bits per heavy atom. The number of carboxylic acids is 1. The molecule has 2 unspecified atom stereocenters. The van der Waals surface area contributed by atoms with Crippen LogP contribution in [0.4, 0.5) is 0 Å². The molecule has 2 aromatic rings. The smallest absolute Gasteiger partial charge is 0.320 e. The molecular weight excluding hydrogens is 345 g/mol. The van der Waals surface area contributed by atoms with Gasteiger partial charge in [0, 0.05) is 6.54 Å². The molecule has 1 aliphatic rings. The van der Waals surface area contributed by atoms with E-state index in [1.807, 2.05) is 36.1 Å². The molecule has 0 saturated carbocycles. The lowest BCUT2D eigenvalue weighted by Gasteiger charge is -2.32. The molecule has 0 bridgehead atoms. The summed E-state index contributed by atoms with van der Waals surface area (Å²) >= 11 is 12.3. The Hall–Kier alpha value is -1.55. The molecule has 2 aromatic carbocycles. The summed E-state index contributed by atoms with van der Waals surface area (Å²) < 4.78 is 0. The minimum absolute atomic E-state index is 0.149. The van der Waals surface area contributed by atoms with E-state index >= 15 is 0 Å². The van der Waals surface area contributed by atoms with Crippen molar-refractivity contribution in [3.63, 3.8) is 0 Å². The highest BCUT2D eigenvalue weighted by molar-refractivity contribution is 6.42. The number of hydrogen-bond donors (Lipinski definition) is 1. The molecule has 1 N–H and O–H groups in total. The normalized spacial score (nSPS) is 19.4. The van der Waals surface area contributed by atoms with Gasteiger partial charge in [0.05, 0.1) is 16.1 Å². The van der Waals surface area contributed by atoms with E-state index in [1.54, 1.807) is 6.07 Å². The van der Waals surface area contributed by atoms with Crippen LogP contribution in [0.5, 0.6) is 0 Å². The van der Waals surface area contributed by atoms with Crippen molar-refractivity contribution < 1.29 is 9.90 Å². The predicted molar refractivity (Wildman–Crippen MR) is 96.8 cm³/mol. The van der Waals surface area contributed by atoms with Gasteiger partial charge in [0.1, 0.15) is 6.04 Å². The fourth-order valence-corrected chi connectivity index (χ4v) is 3.68. The summed E-state index contributed by atoms with van der Waals surface area (Å²) in [6, 6.07) is 13.1. The van der Waals surface area contributed by atoms with Gasteiger partial charge in [-0.2, -0.15) is 0 Å². The van der Waals surface area contributed by atoms with Gasteiger partial charge in [0.15, 0.2) is 0 Å². The quantitative estimate of drug-likeness (QED) is 0.835. The minimum Gasteiger partial charge on any atom is -0.480 e. The van der Waals surface area contributed by atoms with Crippen LogP contribution >= 0.6 is 23.2 Å². The molecule has 0 amide bonds. The first-order valence-electron chi connectivity index (χ1n) is 7.97. The molecule has 1 fully saturated rings. The maximum absolute atomic E-state index is 11.7. The van der Waals surface area contributed by atoms with Gasteiger partial charge in [-0.05, 0) is 43.0 Å². The van der Waals surface area contributed by atoms with E-state index in [2.05, 4.69) is 12.1 Å². The fraction of sp³-hybridized carbons (Fsp3) is 0.316. The molecule has 3 nitrogen and oxygen atoms in total. The van der Waals surface area contributed by atoms with Crippen LogP contribution in [-0.2, 0) is 4.79 Å². The second-order valence-electron chi connectivity index (χ2n) is 6.22. The van der Waals surface area contributed by atoms with Crippen LogP contribution < -0.4 is 0 Å². The Kier molecular flexibility index (Phi) is 5.14. The highest BCUT2D eigenvalue weighted by Crippen LogP contribution is 2.37. The fourth-order valence-electron chi connectivity index (χ4n) is 3.37.